The molecule has 10 atom stereocenters. The molecule has 1 aromatic heterocycles. The number of aliphatic hydroxyl groups is 2. The third-order valence-corrected chi connectivity index (χ3v) is 12.3. The second-order valence-electron chi connectivity index (χ2n) is 14.8. The van der Waals surface area contributed by atoms with Crippen LogP contribution in [-0.2, 0) is 19.1 Å². The lowest BCUT2D eigenvalue weighted by Gasteiger charge is -2.65. The highest BCUT2D eigenvalue weighted by Gasteiger charge is 2.69. The van der Waals surface area contributed by atoms with Gasteiger partial charge in [-0.1, -0.05) is 13.8 Å². The van der Waals surface area contributed by atoms with E-state index in [0.29, 0.717) is 32.1 Å². The van der Waals surface area contributed by atoms with Crippen molar-refractivity contribution in [3.05, 3.63) is 34.4 Å². The molecule has 47 heavy (non-hydrogen) atoms. The number of carboxylic acid groups (broad SMARTS) is 1. The van der Waals surface area contributed by atoms with Crippen molar-refractivity contribution < 1.29 is 38.9 Å². The minimum absolute atomic E-state index is 0.0267. The number of rotatable bonds is 11. The topological polar surface area (TPSA) is 228 Å². The summed E-state index contributed by atoms with van der Waals surface area (Å²) in [6, 6.07) is 2.09. The van der Waals surface area contributed by atoms with Crippen molar-refractivity contribution in [3.8, 4) is 0 Å². The lowest BCUT2D eigenvalue weighted by molar-refractivity contribution is -0.240. The van der Waals surface area contributed by atoms with Gasteiger partial charge in [-0.25, -0.2) is 9.59 Å². The van der Waals surface area contributed by atoms with Gasteiger partial charge in [0.2, 0.25) is 5.91 Å². The number of nitrogens with one attached hydrogen (secondary N) is 1. The first-order valence-electron chi connectivity index (χ1n) is 16.9. The van der Waals surface area contributed by atoms with Crippen LogP contribution < -0.4 is 22.4 Å². The molecule has 1 heterocycles. The van der Waals surface area contributed by atoms with E-state index in [-0.39, 0.29) is 67.0 Å². The Bertz CT molecular complexity index is 1410. The largest absolute Gasteiger partial charge is 0.480 e. The van der Waals surface area contributed by atoms with E-state index in [1.165, 1.54) is 12.3 Å². The number of aliphatic hydroxyl groups excluding tert-OH is 1. The van der Waals surface area contributed by atoms with E-state index in [2.05, 4.69) is 24.2 Å². The van der Waals surface area contributed by atoms with Crippen molar-refractivity contribution in [2.75, 3.05) is 6.54 Å². The van der Waals surface area contributed by atoms with Crippen LogP contribution >= 0.6 is 0 Å². The predicted molar refractivity (Wildman–Crippen MR) is 171 cm³/mol. The second-order valence-corrected chi connectivity index (χ2v) is 14.8. The van der Waals surface area contributed by atoms with Gasteiger partial charge in [-0.3, -0.25) is 14.6 Å². The molecule has 1 aromatic rings. The number of hydrogen-bond donors (Lipinski definition) is 6. The Balaban J connectivity index is 1.15. The average Bonchev–Trinajstić information content (AvgIpc) is 3.28. The maximum Gasteiger partial charge on any atom is 0.335 e. The number of esters is 1. The molecule has 4 aliphatic carbocycles. The Morgan fingerprint density at radius 1 is 1.13 bits per heavy atom. The molecule has 1 amide bonds. The SMILES string of the molecule is CC12CCC(OC(=O)CCC(=O)NC(CCCN=C(N)N)C(=O)O)CC1CCC1C2C(O)CC2(C)C(c3ccc(=O)oc3)CCC12O. The average molecular weight is 659 g/mol. The van der Waals surface area contributed by atoms with E-state index in [1.807, 2.05) is 0 Å². The Morgan fingerprint density at radius 3 is 2.57 bits per heavy atom. The molecule has 0 saturated heterocycles. The first-order valence-corrected chi connectivity index (χ1v) is 16.9. The standard InChI is InChI=1S/C34H50N4O9/c1-32-13-11-21(47-28(42)10-8-26(40)38-24(30(43)44)4-3-15-37-31(35)36)16-20(32)6-7-23-29(32)25(39)17-33(2)22(12-14-34(23,33)45)19-5-9-27(41)46-18-19/h5,9,18,20-25,29,39,45H,3-4,6-8,10-17H2,1-2H3,(H,38,40)(H,43,44)(H4,35,36,37). The molecule has 0 radical (unpaired) electrons. The van der Waals surface area contributed by atoms with Crippen molar-refractivity contribution in [1.29, 1.82) is 0 Å². The zero-order valence-corrected chi connectivity index (χ0v) is 27.4. The number of aliphatic carboxylic acids is 1. The molecule has 0 aromatic carbocycles. The van der Waals surface area contributed by atoms with Crippen molar-refractivity contribution >= 4 is 23.8 Å². The molecule has 260 valence electrons. The maximum atomic E-state index is 12.7. The normalized spacial score (nSPS) is 36.6. The summed E-state index contributed by atoms with van der Waals surface area (Å²) in [7, 11) is 0. The molecule has 0 aliphatic heterocycles. The minimum Gasteiger partial charge on any atom is -0.480 e. The van der Waals surface area contributed by atoms with Gasteiger partial charge in [0.1, 0.15) is 12.1 Å². The van der Waals surface area contributed by atoms with Crippen LogP contribution in [0.1, 0.15) is 102 Å². The molecule has 8 N–H and O–H groups in total. The number of ether oxygens (including phenoxy) is 1. The number of nitrogens with two attached hydrogens (primary N) is 2. The predicted octanol–water partition coefficient (Wildman–Crippen LogP) is 2.17. The summed E-state index contributed by atoms with van der Waals surface area (Å²) in [6.07, 6.45) is 6.23. The summed E-state index contributed by atoms with van der Waals surface area (Å²) < 4.78 is 11.0. The number of nitrogens with zero attached hydrogens (tertiary/aromatic N) is 1. The van der Waals surface area contributed by atoms with Crippen LogP contribution in [0.3, 0.4) is 0 Å². The van der Waals surface area contributed by atoms with Gasteiger partial charge in [-0.05, 0) is 105 Å². The molecule has 0 bridgehead atoms. The molecule has 13 heteroatoms. The number of fused-ring (bicyclic) bond motifs is 5. The highest BCUT2D eigenvalue weighted by Crippen LogP contribution is 2.70. The first kappa shape index (κ1) is 34.9. The van der Waals surface area contributed by atoms with Gasteiger partial charge in [0.25, 0.3) is 0 Å². The third kappa shape index (κ3) is 6.78. The van der Waals surface area contributed by atoms with E-state index in [1.54, 1.807) is 6.07 Å². The van der Waals surface area contributed by atoms with E-state index in [4.69, 9.17) is 20.6 Å². The minimum atomic E-state index is -1.18. The number of carbonyl (C=O) groups excluding carboxylic acids is 2. The zero-order valence-electron chi connectivity index (χ0n) is 27.4. The van der Waals surface area contributed by atoms with E-state index >= 15 is 0 Å². The van der Waals surface area contributed by atoms with Crippen molar-refractivity contribution in [1.82, 2.24) is 5.32 Å². The lowest BCUT2D eigenvalue weighted by Crippen LogP contribution is -2.66. The number of amides is 1. The monoisotopic (exact) mass is 658 g/mol. The van der Waals surface area contributed by atoms with Gasteiger partial charge < -0.3 is 41.3 Å². The van der Waals surface area contributed by atoms with E-state index in [0.717, 1.165) is 31.2 Å². The van der Waals surface area contributed by atoms with E-state index < -0.39 is 46.6 Å². The number of carboxylic acids is 1. The molecule has 4 aliphatic rings. The quantitative estimate of drug-likeness (QED) is 0.0874. The summed E-state index contributed by atoms with van der Waals surface area (Å²) in [5.41, 5.74) is 9.27. The fourth-order valence-electron chi connectivity index (χ4n) is 9.99. The molecular weight excluding hydrogens is 608 g/mol. The molecule has 13 nitrogen and oxygen atoms in total. The van der Waals surface area contributed by atoms with Gasteiger partial charge in [-0.2, -0.15) is 0 Å². The van der Waals surface area contributed by atoms with Gasteiger partial charge in [0.05, 0.1) is 24.4 Å². The Kier molecular flexibility index (Phi) is 10.1. The summed E-state index contributed by atoms with van der Waals surface area (Å²) in [6.45, 7) is 4.55. The zero-order chi connectivity index (χ0) is 34.1. The summed E-state index contributed by atoms with van der Waals surface area (Å²) in [4.78, 5) is 52.1. The summed E-state index contributed by atoms with van der Waals surface area (Å²) in [5, 5.41) is 36.1. The number of hydrogen-bond acceptors (Lipinski definition) is 9. The number of guanidine groups is 1. The van der Waals surface area contributed by atoms with Crippen molar-refractivity contribution in [3.63, 3.8) is 0 Å². The van der Waals surface area contributed by atoms with Gasteiger partial charge >= 0.3 is 17.6 Å². The van der Waals surface area contributed by atoms with Crippen molar-refractivity contribution in [2.45, 2.75) is 121 Å². The Labute approximate surface area is 274 Å². The lowest BCUT2D eigenvalue weighted by atomic mass is 9.42. The van der Waals surface area contributed by atoms with Gasteiger partial charge in [0.15, 0.2) is 5.96 Å². The summed E-state index contributed by atoms with van der Waals surface area (Å²) in [5.74, 6) is -2.30. The summed E-state index contributed by atoms with van der Waals surface area (Å²) >= 11 is 0. The Hall–Kier alpha value is -3.45. The molecular formula is C34H50N4O9. The number of carbonyl (C=O) groups is 3. The smallest absolute Gasteiger partial charge is 0.335 e. The van der Waals surface area contributed by atoms with Gasteiger partial charge in [-0.15, -0.1) is 0 Å². The third-order valence-electron chi connectivity index (χ3n) is 12.3. The van der Waals surface area contributed by atoms with Gasteiger partial charge in [0, 0.05) is 24.4 Å². The molecule has 4 saturated carbocycles. The molecule has 0 spiro atoms. The molecule has 5 rings (SSSR count). The van der Waals surface area contributed by atoms with Crippen molar-refractivity contribution in [2.24, 2.45) is 45.0 Å². The fourth-order valence-corrected chi connectivity index (χ4v) is 9.99. The maximum absolute atomic E-state index is 12.7. The van der Waals surface area contributed by atoms with Crippen LogP contribution in [0.15, 0.2) is 32.6 Å². The first-order chi connectivity index (χ1) is 22.2. The highest BCUT2D eigenvalue weighted by molar-refractivity contribution is 5.85. The van der Waals surface area contributed by atoms with Crippen LogP contribution in [-0.4, -0.2) is 69.5 Å². The van der Waals surface area contributed by atoms with Crippen LogP contribution in [0.25, 0.3) is 0 Å². The van der Waals surface area contributed by atoms with Crippen LogP contribution in [0.2, 0.25) is 0 Å². The van der Waals surface area contributed by atoms with Crippen LogP contribution in [0, 0.1) is 28.6 Å². The van der Waals surface area contributed by atoms with Crippen LogP contribution in [0.5, 0.6) is 0 Å². The van der Waals surface area contributed by atoms with Crippen LogP contribution in [0.4, 0.5) is 0 Å². The Morgan fingerprint density at radius 2 is 1.89 bits per heavy atom. The second kappa shape index (κ2) is 13.6. The molecule has 10 unspecified atom stereocenters. The van der Waals surface area contributed by atoms with E-state index in [9.17, 15) is 34.5 Å². The molecule has 4 fully saturated rings. The number of aliphatic imine (C=N–C) groups is 1. The fraction of sp³-hybridized carbons (Fsp3) is 0.735. The highest BCUT2D eigenvalue weighted by atomic mass is 16.5.